The summed E-state index contributed by atoms with van der Waals surface area (Å²) in [4.78, 5) is 71.3. The topological polar surface area (TPSA) is 192 Å². The van der Waals surface area contributed by atoms with Gasteiger partial charge in [-0.25, -0.2) is 4.79 Å². The smallest absolute Gasteiger partial charge is 0.335 e. The van der Waals surface area contributed by atoms with Crippen molar-refractivity contribution in [2.24, 2.45) is 0 Å². The van der Waals surface area contributed by atoms with Gasteiger partial charge in [0.1, 0.15) is 12.4 Å². The van der Waals surface area contributed by atoms with E-state index in [4.69, 9.17) is 16.3 Å². The number of carbonyl (C=O) groups is 5. The van der Waals surface area contributed by atoms with Crippen molar-refractivity contribution in [1.29, 1.82) is 0 Å². The molecule has 4 amide bonds. The van der Waals surface area contributed by atoms with Crippen LogP contribution in [0.4, 0.5) is 17.1 Å². The van der Waals surface area contributed by atoms with Gasteiger partial charge < -0.3 is 30.3 Å². The van der Waals surface area contributed by atoms with Gasteiger partial charge in [0, 0.05) is 41.4 Å². The Morgan fingerprint density at radius 2 is 1.72 bits per heavy atom. The molecule has 0 aliphatic carbocycles. The Morgan fingerprint density at radius 3 is 2.30 bits per heavy atom. The normalized spacial score (nSPS) is 15.7. The van der Waals surface area contributed by atoms with E-state index in [1.54, 1.807) is 62.1 Å². The molecule has 3 N–H and O–H groups in total. The number of nitrogens with zero attached hydrogens (tertiary/aromatic N) is 7. The predicted octanol–water partition coefficient (Wildman–Crippen LogP) is 2.56. The summed E-state index contributed by atoms with van der Waals surface area (Å²) in [5, 5.41) is 25.9. The molecule has 276 valence electrons. The first-order valence-corrected chi connectivity index (χ1v) is 17.2. The van der Waals surface area contributed by atoms with Gasteiger partial charge in [-0.05, 0) is 91.4 Å². The zero-order valence-electron chi connectivity index (χ0n) is 29.2. The number of piperazine rings is 1. The Kier molecular flexibility index (Phi) is 10.8. The van der Waals surface area contributed by atoms with Gasteiger partial charge in [0.05, 0.1) is 42.7 Å². The molecule has 2 fully saturated rings. The highest BCUT2D eigenvalue weighted by Gasteiger charge is 2.36. The maximum absolute atomic E-state index is 14.5. The summed E-state index contributed by atoms with van der Waals surface area (Å²) in [5.41, 5.74) is 1.43. The molecule has 16 nitrogen and oxygen atoms in total. The van der Waals surface area contributed by atoms with Crippen molar-refractivity contribution >= 4 is 58.3 Å². The number of hydrogen-bond donors (Lipinski definition) is 3. The lowest BCUT2D eigenvalue weighted by molar-refractivity contribution is -0.137. The predicted molar refractivity (Wildman–Crippen MR) is 194 cm³/mol. The van der Waals surface area contributed by atoms with E-state index in [9.17, 15) is 29.1 Å². The molecule has 0 bridgehead atoms. The molecule has 2 saturated heterocycles. The van der Waals surface area contributed by atoms with Gasteiger partial charge in [-0.2, -0.15) is 4.68 Å². The summed E-state index contributed by atoms with van der Waals surface area (Å²) in [7, 11) is 0. The zero-order valence-corrected chi connectivity index (χ0v) is 30.0. The minimum absolute atomic E-state index is 0.0195. The number of tetrazole rings is 1. The fraction of sp³-hybridized carbons (Fsp3) is 0.333. The maximum Gasteiger partial charge on any atom is 0.335 e. The van der Waals surface area contributed by atoms with Gasteiger partial charge in [-0.15, -0.1) is 5.10 Å². The molecule has 1 unspecified atom stereocenters. The fourth-order valence-corrected chi connectivity index (χ4v) is 6.37. The van der Waals surface area contributed by atoms with E-state index in [1.165, 1.54) is 46.2 Å². The highest BCUT2D eigenvalue weighted by Crippen LogP contribution is 2.28. The molecule has 0 spiro atoms. The Morgan fingerprint density at radius 1 is 1.00 bits per heavy atom. The number of aromatic carboxylic acids is 1. The first-order valence-electron chi connectivity index (χ1n) is 16.8. The Labute approximate surface area is 309 Å². The second-order valence-electron chi connectivity index (χ2n) is 13.7. The van der Waals surface area contributed by atoms with Gasteiger partial charge >= 0.3 is 17.8 Å². The second kappa shape index (κ2) is 15.5. The number of rotatable bonds is 10. The standard InChI is InChI=1S/C36H38ClN9O7/c1-36(2,3)46(26-11-6-23(7-12-26)35(51)52)34(50)29(40-33(49)32(48)39-28-17-24(37)8-13-30(28)45-21-38-41-42-45)16-22-4-9-25(10-5-22)44-15-14-43(18-31(44)47)27-19-53-20-27/h4-13,17,21,27,29H,14-16,18-20H2,1-3H3,(H,39,48)(H,40,49)(H,51,52). The van der Waals surface area contributed by atoms with Crippen molar-refractivity contribution in [3.05, 3.63) is 89.2 Å². The first-order chi connectivity index (χ1) is 25.3. The quantitative estimate of drug-likeness (QED) is 0.202. The van der Waals surface area contributed by atoms with E-state index < -0.39 is 35.3 Å². The van der Waals surface area contributed by atoms with Crippen molar-refractivity contribution < 1.29 is 33.8 Å². The van der Waals surface area contributed by atoms with Gasteiger partial charge in [0.15, 0.2) is 0 Å². The molecule has 1 atom stereocenters. The van der Waals surface area contributed by atoms with Crippen LogP contribution < -0.4 is 20.4 Å². The van der Waals surface area contributed by atoms with Crippen LogP contribution >= 0.6 is 11.6 Å². The van der Waals surface area contributed by atoms with E-state index in [-0.39, 0.29) is 34.6 Å². The number of benzene rings is 3. The minimum atomic E-state index is -1.26. The second-order valence-corrected chi connectivity index (χ2v) is 14.1. The number of amides is 4. The van der Waals surface area contributed by atoms with Crippen LogP contribution in [0.2, 0.25) is 5.02 Å². The van der Waals surface area contributed by atoms with Crippen molar-refractivity contribution in [3.8, 4) is 5.69 Å². The molecule has 6 rings (SSSR count). The highest BCUT2D eigenvalue weighted by atomic mass is 35.5. The number of anilines is 3. The van der Waals surface area contributed by atoms with E-state index in [2.05, 4.69) is 31.1 Å². The van der Waals surface area contributed by atoms with Gasteiger partial charge in [-0.1, -0.05) is 23.7 Å². The average molecular weight is 744 g/mol. The Hall–Kier alpha value is -5.71. The third-order valence-electron chi connectivity index (χ3n) is 8.95. The van der Waals surface area contributed by atoms with Crippen LogP contribution in [0.1, 0.15) is 36.7 Å². The largest absolute Gasteiger partial charge is 0.478 e. The molecule has 17 heteroatoms. The third kappa shape index (κ3) is 8.51. The van der Waals surface area contributed by atoms with Crippen molar-refractivity contribution in [2.45, 2.75) is 44.8 Å². The van der Waals surface area contributed by atoms with Crippen molar-refractivity contribution in [1.82, 2.24) is 30.4 Å². The lowest BCUT2D eigenvalue weighted by Gasteiger charge is -2.42. The first kappa shape index (κ1) is 37.1. The molecule has 2 aliphatic heterocycles. The van der Waals surface area contributed by atoms with Gasteiger partial charge in [-0.3, -0.25) is 24.1 Å². The van der Waals surface area contributed by atoms with Crippen molar-refractivity contribution in [2.75, 3.05) is 48.0 Å². The van der Waals surface area contributed by atoms with Crippen LogP contribution in [0, 0.1) is 0 Å². The summed E-state index contributed by atoms with van der Waals surface area (Å²) in [6.07, 6.45) is 1.29. The van der Waals surface area contributed by atoms with Crippen molar-refractivity contribution in [3.63, 3.8) is 0 Å². The third-order valence-corrected chi connectivity index (χ3v) is 9.19. The molecule has 3 aromatic carbocycles. The minimum Gasteiger partial charge on any atom is -0.478 e. The molecule has 0 radical (unpaired) electrons. The van der Waals surface area contributed by atoms with Gasteiger partial charge in [0.25, 0.3) is 0 Å². The van der Waals surface area contributed by atoms with Crippen LogP contribution in [-0.2, 0) is 30.3 Å². The number of carbonyl (C=O) groups excluding carboxylic acids is 4. The van der Waals surface area contributed by atoms with E-state index in [1.807, 2.05) is 0 Å². The zero-order chi connectivity index (χ0) is 37.9. The summed E-state index contributed by atoms with van der Waals surface area (Å²) in [6, 6.07) is 16.5. The summed E-state index contributed by atoms with van der Waals surface area (Å²) in [5.74, 6) is -3.87. The van der Waals surface area contributed by atoms with Crippen LogP contribution in [0.15, 0.2) is 73.1 Å². The molecular formula is C36H38ClN9O7. The molecule has 53 heavy (non-hydrogen) atoms. The van der Waals surface area contributed by atoms with Gasteiger partial charge in [0.2, 0.25) is 11.8 Å². The number of carboxylic acids is 1. The monoisotopic (exact) mass is 743 g/mol. The number of aromatic nitrogens is 4. The lowest BCUT2D eigenvalue weighted by Crippen LogP contribution is -2.58. The summed E-state index contributed by atoms with van der Waals surface area (Å²) < 4.78 is 6.56. The number of halogens is 1. The Balaban J connectivity index is 1.25. The van der Waals surface area contributed by atoms with E-state index >= 15 is 0 Å². The summed E-state index contributed by atoms with van der Waals surface area (Å²) >= 11 is 6.19. The number of hydrogen-bond acceptors (Lipinski definition) is 10. The molecule has 1 aromatic heterocycles. The maximum atomic E-state index is 14.5. The van der Waals surface area contributed by atoms with Crippen LogP contribution in [-0.4, -0.2) is 110 Å². The average Bonchev–Trinajstić information content (AvgIpc) is 3.62. The lowest BCUT2D eigenvalue weighted by atomic mass is 9.98. The SMILES string of the molecule is CC(C)(C)N(C(=O)C(Cc1ccc(N2CCN(C3COC3)CC2=O)cc1)NC(=O)C(=O)Nc1cc(Cl)ccc1-n1cnnn1)c1ccc(C(=O)O)cc1. The molecule has 3 heterocycles. The van der Waals surface area contributed by atoms with Crippen LogP contribution in [0.3, 0.4) is 0 Å². The highest BCUT2D eigenvalue weighted by molar-refractivity contribution is 6.40. The number of nitrogens with one attached hydrogen (secondary N) is 2. The molecule has 2 aliphatic rings. The van der Waals surface area contributed by atoms with Crippen LogP contribution in [0.5, 0.6) is 0 Å². The number of carboxylic acid groups (broad SMARTS) is 1. The van der Waals surface area contributed by atoms with Crippen LogP contribution in [0.25, 0.3) is 5.69 Å². The Bertz CT molecular complexity index is 2000. The molecule has 0 saturated carbocycles. The summed E-state index contributed by atoms with van der Waals surface area (Å²) in [6.45, 7) is 8.17. The van der Waals surface area contributed by atoms with E-state index in [0.29, 0.717) is 55.5 Å². The molecule has 4 aromatic rings. The van der Waals surface area contributed by atoms with E-state index in [0.717, 1.165) is 0 Å². The molecular weight excluding hydrogens is 706 g/mol. The fourth-order valence-electron chi connectivity index (χ4n) is 6.19. The number of ether oxygens (including phenoxy) is 1.